The standard InChI is InChI=1S/C12H14N4O2/c1-16-6-5-11(15-16)14-8-3-4-10(13)9(7-8)12(17)18-2/h3-7H,13H2,1-2H3,(H,14,15). The molecule has 94 valence electrons. The zero-order valence-corrected chi connectivity index (χ0v) is 10.2. The zero-order chi connectivity index (χ0) is 13.1. The quantitative estimate of drug-likeness (QED) is 0.634. The number of benzene rings is 1. The van der Waals surface area contributed by atoms with Crippen molar-refractivity contribution in [3.8, 4) is 0 Å². The highest BCUT2D eigenvalue weighted by molar-refractivity contribution is 5.96. The van der Waals surface area contributed by atoms with Gasteiger partial charge in [0.25, 0.3) is 0 Å². The Balaban J connectivity index is 2.27. The first kappa shape index (κ1) is 12.0. The number of rotatable bonds is 3. The van der Waals surface area contributed by atoms with E-state index < -0.39 is 5.97 Å². The van der Waals surface area contributed by atoms with Gasteiger partial charge >= 0.3 is 5.97 Å². The average molecular weight is 246 g/mol. The Morgan fingerprint density at radius 2 is 2.22 bits per heavy atom. The highest BCUT2D eigenvalue weighted by Gasteiger charge is 2.11. The van der Waals surface area contributed by atoms with Crippen LogP contribution in [0.4, 0.5) is 17.2 Å². The molecular formula is C12H14N4O2. The fraction of sp³-hybridized carbons (Fsp3) is 0.167. The van der Waals surface area contributed by atoms with Crippen molar-refractivity contribution in [2.24, 2.45) is 7.05 Å². The van der Waals surface area contributed by atoms with E-state index >= 15 is 0 Å². The molecule has 0 amide bonds. The molecule has 0 unspecified atom stereocenters. The normalized spacial score (nSPS) is 10.1. The number of esters is 1. The Hall–Kier alpha value is -2.50. The SMILES string of the molecule is COC(=O)c1cc(Nc2ccn(C)n2)ccc1N. The number of nitrogens with two attached hydrogens (primary N) is 1. The molecule has 1 aromatic heterocycles. The van der Waals surface area contributed by atoms with Gasteiger partial charge < -0.3 is 15.8 Å². The van der Waals surface area contributed by atoms with Gasteiger partial charge in [-0.3, -0.25) is 4.68 Å². The van der Waals surface area contributed by atoms with E-state index in [2.05, 4.69) is 15.2 Å². The highest BCUT2D eigenvalue weighted by Crippen LogP contribution is 2.21. The molecule has 6 heteroatoms. The van der Waals surface area contributed by atoms with Gasteiger partial charge in [0.2, 0.25) is 0 Å². The minimum absolute atomic E-state index is 0.332. The van der Waals surface area contributed by atoms with E-state index in [0.29, 0.717) is 17.1 Å². The van der Waals surface area contributed by atoms with Crippen LogP contribution in [0.1, 0.15) is 10.4 Å². The van der Waals surface area contributed by atoms with Gasteiger partial charge in [-0.1, -0.05) is 0 Å². The molecule has 1 aromatic carbocycles. The van der Waals surface area contributed by atoms with Crippen LogP contribution in [0.3, 0.4) is 0 Å². The van der Waals surface area contributed by atoms with Crippen LogP contribution in [-0.4, -0.2) is 22.9 Å². The Bertz CT molecular complexity index is 577. The first-order valence-electron chi connectivity index (χ1n) is 5.34. The molecule has 1 heterocycles. The molecule has 0 aliphatic heterocycles. The van der Waals surface area contributed by atoms with Crippen LogP contribution in [0.15, 0.2) is 30.5 Å². The summed E-state index contributed by atoms with van der Waals surface area (Å²) in [6.45, 7) is 0. The third-order valence-corrected chi connectivity index (χ3v) is 2.44. The lowest BCUT2D eigenvalue weighted by atomic mass is 10.1. The molecule has 0 fully saturated rings. The number of nitrogen functional groups attached to an aromatic ring is 1. The van der Waals surface area contributed by atoms with Gasteiger partial charge in [-0.25, -0.2) is 4.79 Å². The van der Waals surface area contributed by atoms with Crippen molar-refractivity contribution in [3.05, 3.63) is 36.0 Å². The summed E-state index contributed by atoms with van der Waals surface area (Å²) in [5, 5.41) is 7.26. The number of hydrogen-bond donors (Lipinski definition) is 2. The molecule has 0 aliphatic rings. The van der Waals surface area contributed by atoms with Crippen molar-refractivity contribution in [2.45, 2.75) is 0 Å². The van der Waals surface area contributed by atoms with E-state index in [1.54, 1.807) is 22.9 Å². The molecule has 0 saturated carbocycles. The molecule has 0 spiro atoms. The van der Waals surface area contributed by atoms with Gasteiger partial charge in [-0.2, -0.15) is 5.10 Å². The van der Waals surface area contributed by atoms with Gasteiger partial charge in [0.1, 0.15) is 0 Å². The minimum Gasteiger partial charge on any atom is -0.465 e. The molecule has 6 nitrogen and oxygen atoms in total. The molecular weight excluding hydrogens is 232 g/mol. The second-order valence-electron chi connectivity index (χ2n) is 3.79. The van der Waals surface area contributed by atoms with Crippen LogP contribution < -0.4 is 11.1 Å². The first-order valence-corrected chi connectivity index (χ1v) is 5.34. The summed E-state index contributed by atoms with van der Waals surface area (Å²) in [4.78, 5) is 11.5. The number of hydrogen-bond acceptors (Lipinski definition) is 5. The number of methoxy groups -OCH3 is 1. The number of ether oxygens (including phenoxy) is 1. The monoisotopic (exact) mass is 246 g/mol. The maximum atomic E-state index is 11.5. The Morgan fingerprint density at radius 1 is 1.44 bits per heavy atom. The van der Waals surface area contributed by atoms with Crippen LogP contribution >= 0.6 is 0 Å². The van der Waals surface area contributed by atoms with Crippen LogP contribution in [0.2, 0.25) is 0 Å². The molecule has 2 rings (SSSR count). The lowest BCUT2D eigenvalue weighted by Gasteiger charge is -2.07. The maximum Gasteiger partial charge on any atom is 0.340 e. The summed E-state index contributed by atoms with van der Waals surface area (Å²) < 4.78 is 6.34. The molecule has 18 heavy (non-hydrogen) atoms. The third kappa shape index (κ3) is 2.42. The summed E-state index contributed by atoms with van der Waals surface area (Å²) >= 11 is 0. The van der Waals surface area contributed by atoms with Gasteiger partial charge in [-0.15, -0.1) is 0 Å². The topological polar surface area (TPSA) is 82.2 Å². The van der Waals surface area contributed by atoms with E-state index in [-0.39, 0.29) is 0 Å². The van der Waals surface area contributed by atoms with E-state index in [1.807, 2.05) is 19.3 Å². The van der Waals surface area contributed by atoms with Crippen molar-refractivity contribution in [1.29, 1.82) is 0 Å². The van der Waals surface area contributed by atoms with E-state index in [1.165, 1.54) is 7.11 Å². The lowest BCUT2D eigenvalue weighted by molar-refractivity contribution is 0.0602. The van der Waals surface area contributed by atoms with Crippen molar-refractivity contribution in [2.75, 3.05) is 18.2 Å². The van der Waals surface area contributed by atoms with Gasteiger partial charge in [0.05, 0.1) is 12.7 Å². The number of aryl methyl sites for hydroxylation is 1. The van der Waals surface area contributed by atoms with Crippen LogP contribution in [0.25, 0.3) is 0 Å². The van der Waals surface area contributed by atoms with Gasteiger partial charge in [0, 0.05) is 30.7 Å². The fourth-order valence-electron chi connectivity index (χ4n) is 1.55. The minimum atomic E-state index is -0.461. The van der Waals surface area contributed by atoms with Gasteiger partial charge in [0.15, 0.2) is 5.82 Å². The summed E-state index contributed by atoms with van der Waals surface area (Å²) in [7, 11) is 3.15. The molecule has 0 saturated heterocycles. The number of nitrogens with zero attached hydrogens (tertiary/aromatic N) is 2. The molecule has 0 atom stereocenters. The highest BCUT2D eigenvalue weighted by atomic mass is 16.5. The Labute approximate surface area is 104 Å². The first-order chi connectivity index (χ1) is 8.60. The number of nitrogens with one attached hydrogen (secondary N) is 1. The molecule has 0 radical (unpaired) electrons. The predicted octanol–water partition coefficient (Wildman–Crippen LogP) is 1.53. The van der Waals surface area contributed by atoms with Gasteiger partial charge in [-0.05, 0) is 18.2 Å². The van der Waals surface area contributed by atoms with E-state index in [4.69, 9.17) is 5.73 Å². The second-order valence-corrected chi connectivity index (χ2v) is 3.79. The van der Waals surface area contributed by atoms with Crippen LogP contribution in [-0.2, 0) is 11.8 Å². The van der Waals surface area contributed by atoms with Crippen molar-refractivity contribution < 1.29 is 9.53 Å². The smallest absolute Gasteiger partial charge is 0.340 e. The molecule has 0 bridgehead atoms. The molecule has 2 aromatic rings. The van der Waals surface area contributed by atoms with Crippen LogP contribution in [0, 0.1) is 0 Å². The summed E-state index contributed by atoms with van der Waals surface area (Å²) in [5.41, 5.74) is 7.16. The number of carbonyl (C=O) groups excluding carboxylic acids is 1. The predicted molar refractivity (Wildman–Crippen MR) is 68.7 cm³/mol. The fourth-order valence-corrected chi connectivity index (χ4v) is 1.55. The Kier molecular flexibility index (Phi) is 3.18. The number of aromatic nitrogens is 2. The number of anilines is 3. The maximum absolute atomic E-state index is 11.5. The van der Waals surface area contributed by atoms with E-state index in [9.17, 15) is 4.79 Å². The van der Waals surface area contributed by atoms with Crippen molar-refractivity contribution >= 4 is 23.2 Å². The average Bonchev–Trinajstić information content (AvgIpc) is 2.76. The summed E-state index contributed by atoms with van der Waals surface area (Å²) in [6, 6.07) is 6.89. The third-order valence-electron chi connectivity index (χ3n) is 2.44. The zero-order valence-electron chi connectivity index (χ0n) is 10.2. The summed E-state index contributed by atoms with van der Waals surface area (Å²) in [6.07, 6.45) is 1.82. The van der Waals surface area contributed by atoms with Crippen LogP contribution in [0.5, 0.6) is 0 Å². The lowest BCUT2D eigenvalue weighted by Crippen LogP contribution is -2.06. The summed E-state index contributed by atoms with van der Waals surface area (Å²) in [5.74, 6) is 0.232. The molecule has 0 aliphatic carbocycles. The number of carbonyl (C=O) groups is 1. The second kappa shape index (κ2) is 4.79. The van der Waals surface area contributed by atoms with E-state index in [0.717, 1.165) is 5.69 Å². The Morgan fingerprint density at radius 3 is 2.83 bits per heavy atom. The van der Waals surface area contributed by atoms with Crippen molar-refractivity contribution in [1.82, 2.24) is 9.78 Å². The molecule has 3 N–H and O–H groups in total. The van der Waals surface area contributed by atoms with Crippen molar-refractivity contribution in [3.63, 3.8) is 0 Å². The largest absolute Gasteiger partial charge is 0.465 e.